The minimum Gasteiger partial charge on any atom is -0.368 e. The molecule has 2 aliphatic rings. The van der Waals surface area contributed by atoms with E-state index in [1.54, 1.807) is 0 Å². The minimum atomic E-state index is -0.542. The Morgan fingerprint density at radius 1 is 1.54 bits per heavy atom. The Bertz CT molecular complexity index is 230. The molecule has 2 nitrogen and oxygen atoms in total. The molecule has 2 atom stereocenters. The lowest BCUT2D eigenvalue weighted by Crippen LogP contribution is -2.38. The van der Waals surface area contributed by atoms with Crippen molar-refractivity contribution in [3.63, 3.8) is 0 Å². The first-order chi connectivity index (χ1) is 6.09. The van der Waals surface area contributed by atoms with Crippen molar-refractivity contribution in [1.82, 2.24) is 0 Å². The van der Waals surface area contributed by atoms with E-state index in [4.69, 9.17) is 4.74 Å². The number of hydrogen-bond donors (Lipinski definition) is 1. The zero-order valence-corrected chi connectivity index (χ0v) is 8.42. The van der Waals surface area contributed by atoms with Gasteiger partial charge in [-0.25, -0.2) is 0 Å². The van der Waals surface area contributed by atoms with Gasteiger partial charge in [-0.2, -0.15) is 0 Å². The van der Waals surface area contributed by atoms with Crippen LogP contribution in [0.1, 0.15) is 33.1 Å². The second kappa shape index (κ2) is 3.10. The highest BCUT2D eigenvalue weighted by molar-refractivity contribution is 5.16. The zero-order valence-electron chi connectivity index (χ0n) is 8.42. The van der Waals surface area contributed by atoms with Crippen LogP contribution in [0.15, 0.2) is 11.6 Å². The number of aliphatic hydroxyl groups excluding tert-OH is 1. The molecule has 0 aromatic heterocycles. The third kappa shape index (κ3) is 1.65. The summed E-state index contributed by atoms with van der Waals surface area (Å²) in [7, 11) is 0. The maximum absolute atomic E-state index is 9.43. The molecule has 2 heteroatoms. The highest BCUT2D eigenvalue weighted by Gasteiger charge is 2.38. The fourth-order valence-electron chi connectivity index (χ4n) is 2.54. The van der Waals surface area contributed by atoms with Crippen molar-refractivity contribution in [3.05, 3.63) is 11.6 Å². The molecule has 0 bridgehead atoms. The molecule has 0 amide bonds. The van der Waals surface area contributed by atoms with Gasteiger partial charge in [-0.3, -0.25) is 0 Å². The minimum absolute atomic E-state index is 0.342. The van der Waals surface area contributed by atoms with Crippen molar-refractivity contribution in [2.75, 3.05) is 6.61 Å². The van der Waals surface area contributed by atoms with Gasteiger partial charge in [0.2, 0.25) is 0 Å². The predicted octanol–water partition coefficient (Wildman–Crippen LogP) is 2.09. The van der Waals surface area contributed by atoms with Crippen LogP contribution in [0.25, 0.3) is 0 Å². The standard InChI is InChI=1S/C11H18O2/c1-11(2)5-3-4-8-7-13-10(12)6-9(8)11/h4,9-10,12H,3,5-7H2,1-2H3/t9-,10-/m1/s1. The molecule has 74 valence electrons. The number of allylic oxidation sites excluding steroid dienone is 1. The summed E-state index contributed by atoms with van der Waals surface area (Å²) in [6.07, 6.45) is 4.92. The van der Waals surface area contributed by atoms with Crippen molar-refractivity contribution in [1.29, 1.82) is 0 Å². The topological polar surface area (TPSA) is 29.5 Å². The first kappa shape index (κ1) is 9.22. The third-order valence-electron chi connectivity index (χ3n) is 3.47. The Balaban J connectivity index is 2.20. The van der Waals surface area contributed by atoms with Crippen LogP contribution < -0.4 is 0 Å². The molecule has 0 aromatic rings. The molecule has 1 saturated heterocycles. The molecule has 0 aromatic carbocycles. The van der Waals surface area contributed by atoms with Gasteiger partial charge < -0.3 is 9.84 Å². The number of fused-ring (bicyclic) bond motifs is 1. The maximum atomic E-state index is 9.43. The number of ether oxygens (including phenoxy) is 1. The van der Waals surface area contributed by atoms with E-state index in [0.29, 0.717) is 17.9 Å². The largest absolute Gasteiger partial charge is 0.368 e. The summed E-state index contributed by atoms with van der Waals surface area (Å²) in [4.78, 5) is 0. The van der Waals surface area contributed by atoms with Crippen LogP contribution in [-0.4, -0.2) is 18.0 Å². The number of rotatable bonds is 0. The van der Waals surface area contributed by atoms with Gasteiger partial charge in [0.15, 0.2) is 6.29 Å². The Morgan fingerprint density at radius 3 is 3.08 bits per heavy atom. The van der Waals surface area contributed by atoms with Gasteiger partial charge in [0.1, 0.15) is 0 Å². The third-order valence-corrected chi connectivity index (χ3v) is 3.47. The van der Waals surface area contributed by atoms with E-state index in [1.807, 2.05) is 0 Å². The molecule has 0 unspecified atom stereocenters. The molecule has 1 N–H and O–H groups in total. The zero-order chi connectivity index (χ0) is 9.47. The predicted molar refractivity (Wildman–Crippen MR) is 51.2 cm³/mol. The fourth-order valence-corrected chi connectivity index (χ4v) is 2.54. The van der Waals surface area contributed by atoms with Crippen LogP contribution in [0.2, 0.25) is 0 Å². The van der Waals surface area contributed by atoms with Crippen LogP contribution >= 0.6 is 0 Å². The lowest BCUT2D eigenvalue weighted by Gasteiger charge is -2.43. The van der Waals surface area contributed by atoms with E-state index in [-0.39, 0.29) is 0 Å². The van der Waals surface area contributed by atoms with E-state index >= 15 is 0 Å². The lowest BCUT2D eigenvalue weighted by molar-refractivity contribution is -0.132. The normalized spacial score (nSPS) is 37.9. The van der Waals surface area contributed by atoms with Crippen molar-refractivity contribution in [2.24, 2.45) is 11.3 Å². The maximum Gasteiger partial charge on any atom is 0.155 e. The summed E-state index contributed by atoms with van der Waals surface area (Å²) in [5.41, 5.74) is 1.75. The van der Waals surface area contributed by atoms with Crippen molar-refractivity contribution >= 4 is 0 Å². The van der Waals surface area contributed by atoms with Gasteiger partial charge in [0.25, 0.3) is 0 Å². The second-order valence-electron chi connectivity index (χ2n) is 4.86. The van der Waals surface area contributed by atoms with Gasteiger partial charge >= 0.3 is 0 Å². The Hall–Kier alpha value is -0.340. The molecule has 1 heterocycles. The van der Waals surface area contributed by atoms with Crippen molar-refractivity contribution in [3.8, 4) is 0 Å². The van der Waals surface area contributed by atoms with Crippen molar-refractivity contribution in [2.45, 2.75) is 39.4 Å². The number of aliphatic hydroxyl groups is 1. The van der Waals surface area contributed by atoms with Gasteiger partial charge in [-0.15, -0.1) is 0 Å². The van der Waals surface area contributed by atoms with Gasteiger partial charge in [-0.05, 0) is 29.7 Å². The molecular formula is C11H18O2. The summed E-state index contributed by atoms with van der Waals surface area (Å²) in [5, 5.41) is 9.43. The quantitative estimate of drug-likeness (QED) is 0.581. The van der Waals surface area contributed by atoms with E-state index in [2.05, 4.69) is 19.9 Å². The molecule has 0 spiro atoms. The molecule has 1 aliphatic carbocycles. The van der Waals surface area contributed by atoms with E-state index in [0.717, 1.165) is 12.8 Å². The molecule has 1 aliphatic heterocycles. The summed E-state index contributed by atoms with van der Waals surface area (Å²) in [5.74, 6) is 0.532. The van der Waals surface area contributed by atoms with Gasteiger partial charge in [-0.1, -0.05) is 19.9 Å². The Morgan fingerprint density at radius 2 is 2.31 bits per heavy atom. The summed E-state index contributed by atoms with van der Waals surface area (Å²) in [6, 6.07) is 0. The van der Waals surface area contributed by atoms with Crippen LogP contribution in [0.5, 0.6) is 0 Å². The SMILES string of the molecule is CC1(C)CCC=C2CO[C@@H](O)C[C@H]21. The molecule has 2 rings (SSSR count). The van der Waals surface area contributed by atoms with Crippen molar-refractivity contribution < 1.29 is 9.84 Å². The monoisotopic (exact) mass is 182 g/mol. The van der Waals surface area contributed by atoms with Gasteiger partial charge in [0, 0.05) is 6.42 Å². The van der Waals surface area contributed by atoms with Crippen LogP contribution in [0, 0.1) is 11.3 Å². The van der Waals surface area contributed by atoms with Gasteiger partial charge in [0.05, 0.1) is 6.61 Å². The second-order valence-corrected chi connectivity index (χ2v) is 4.86. The average molecular weight is 182 g/mol. The van der Waals surface area contributed by atoms with Crippen LogP contribution in [-0.2, 0) is 4.74 Å². The Kier molecular flexibility index (Phi) is 2.20. The number of hydrogen-bond acceptors (Lipinski definition) is 2. The van der Waals surface area contributed by atoms with E-state index < -0.39 is 6.29 Å². The highest BCUT2D eigenvalue weighted by atomic mass is 16.6. The van der Waals surface area contributed by atoms with E-state index in [1.165, 1.54) is 12.0 Å². The Labute approximate surface area is 79.6 Å². The summed E-state index contributed by atoms with van der Waals surface area (Å²) >= 11 is 0. The summed E-state index contributed by atoms with van der Waals surface area (Å²) < 4.78 is 5.23. The molecular weight excluding hydrogens is 164 g/mol. The molecule has 13 heavy (non-hydrogen) atoms. The molecule has 0 saturated carbocycles. The van der Waals surface area contributed by atoms with Crippen LogP contribution in [0.3, 0.4) is 0 Å². The molecule has 1 fully saturated rings. The summed E-state index contributed by atoms with van der Waals surface area (Å²) in [6.45, 7) is 5.22. The first-order valence-electron chi connectivity index (χ1n) is 5.08. The fraction of sp³-hybridized carbons (Fsp3) is 0.818. The van der Waals surface area contributed by atoms with E-state index in [9.17, 15) is 5.11 Å². The lowest BCUT2D eigenvalue weighted by atomic mass is 9.66. The molecule has 0 radical (unpaired) electrons. The first-order valence-corrected chi connectivity index (χ1v) is 5.08. The highest BCUT2D eigenvalue weighted by Crippen LogP contribution is 2.45. The average Bonchev–Trinajstić information content (AvgIpc) is 2.06. The van der Waals surface area contributed by atoms with Crippen LogP contribution in [0.4, 0.5) is 0 Å². The smallest absolute Gasteiger partial charge is 0.155 e.